The smallest absolute Gasteiger partial charge is 0.239 e. The van der Waals surface area contributed by atoms with Gasteiger partial charge in [-0.1, -0.05) is 0 Å². The third-order valence-electron chi connectivity index (χ3n) is 2.91. The van der Waals surface area contributed by atoms with Crippen LogP contribution in [0.25, 0.3) is 0 Å². The fourth-order valence-electron chi connectivity index (χ4n) is 1.80. The third-order valence-corrected chi connectivity index (χ3v) is 2.91. The highest BCUT2D eigenvalue weighted by Gasteiger charge is 2.30. The lowest BCUT2D eigenvalue weighted by atomic mass is 10.2. The zero-order valence-corrected chi connectivity index (χ0v) is 9.56. The van der Waals surface area contributed by atoms with Crippen molar-refractivity contribution >= 4 is 11.8 Å². The van der Waals surface area contributed by atoms with Crippen LogP contribution in [0.2, 0.25) is 0 Å². The number of nitrogens with zero attached hydrogens (tertiary/aromatic N) is 2. The van der Waals surface area contributed by atoms with Gasteiger partial charge in [0.2, 0.25) is 11.8 Å². The number of nitrogens with two attached hydrogens (primary N) is 1. The molecule has 0 aliphatic carbocycles. The molecule has 0 saturated carbocycles. The van der Waals surface area contributed by atoms with Crippen LogP contribution in [0.1, 0.15) is 20.3 Å². The molecule has 1 fully saturated rings. The number of carbonyl (C=O) groups excluding carboxylic acids is 2. The first-order chi connectivity index (χ1) is 6.93. The summed E-state index contributed by atoms with van der Waals surface area (Å²) in [5.74, 6) is 0.00421. The summed E-state index contributed by atoms with van der Waals surface area (Å²) < 4.78 is 0. The van der Waals surface area contributed by atoms with Crippen molar-refractivity contribution in [2.75, 3.05) is 20.1 Å². The van der Waals surface area contributed by atoms with E-state index in [1.165, 1.54) is 6.92 Å². The van der Waals surface area contributed by atoms with Crippen LogP contribution < -0.4 is 5.73 Å². The highest BCUT2D eigenvalue weighted by Crippen LogP contribution is 2.15. The number of rotatable bonds is 2. The lowest BCUT2D eigenvalue weighted by Gasteiger charge is -2.24. The number of hydrogen-bond acceptors (Lipinski definition) is 3. The largest absolute Gasteiger partial charge is 0.341 e. The normalized spacial score (nSPS) is 22.7. The van der Waals surface area contributed by atoms with Crippen LogP contribution >= 0.6 is 0 Å². The molecule has 0 bridgehead atoms. The Bertz CT molecular complexity index is 265. The highest BCUT2D eigenvalue weighted by molar-refractivity contribution is 5.81. The van der Waals surface area contributed by atoms with Crippen molar-refractivity contribution in [1.29, 1.82) is 0 Å². The van der Waals surface area contributed by atoms with E-state index < -0.39 is 6.04 Å². The highest BCUT2D eigenvalue weighted by atomic mass is 16.2. The molecular weight excluding hydrogens is 194 g/mol. The van der Waals surface area contributed by atoms with E-state index in [0.29, 0.717) is 13.1 Å². The monoisotopic (exact) mass is 213 g/mol. The van der Waals surface area contributed by atoms with Gasteiger partial charge in [-0.05, 0) is 13.3 Å². The standard InChI is InChI=1S/C10H19N3O2/c1-7(11)10(15)13-5-4-9(6-13)12(3)8(2)14/h7,9H,4-6,11H2,1-3H3. The second kappa shape index (κ2) is 4.61. The summed E-state index contributed by atoms with van der Waals surface area (Å²) in [7, 11) is 1.77. The molecule has 2 N–H and O–H groups in total. The van der Waals surface area contributed by atoms with Gasteiger partial charge in [0.05, 0.1) is 12.1 Å². The molecule has 5 nitrogen and oxygen atoms in total. The van der Waals surface area contributed by atoms with Crippen molar-refractivity contribution in [2.45, 2.75) is 32.4 Å². The second-order valence-corrected chi connectivity index (χ2v) is 4.15. The molecule has 0 aromatic carbocycles. The third kappa shape index (κ3) is 2.68. The molecule has 5 heteroatoms. The molecule has 0 aromatic heterocycles. The van der Waals surface area contributed by atoms with Gasteiger partial charge in [-0.3, -0.25) is 9.59 Å². The number of likely N-dealkylation sites (tertiary alicyclic amines) is 1. The number of amides is 2. The molecule has 1 saturated heterocycles. The Morgan fingerprint density at radius 2 is 2.13 bits per heavy atom. The molecule has 0 aromatic rings. The summed E-state index contributed by atoms with van der Waals surface area (Å²) in [6.45, 7) is 4.53. The predicted octanol–water partition coefficient (Wildman–Crippen LogP) is -0.587. The van der Waals surface area contributed by atoms with E-state index in [9.17, 15) is 9.59 Å². The van der Waals surface area contributed by atoms with Gasteiger partial charge in [0.25, 0.3) is 0 Å². The van der Waals surface area contributed by atoms with E-state index in [1.807, 2.05) is 0 Å². The minimum absolute atomic E-state index is 0.0329. The van der Waals surface area contributed by atoms with Crippen LogP contribution in [0.15, 0.2) is 0 Å². The van der Waals surface area contributed by atoms with Gasteiger partial charge in [-0.25, -0.2) is 0 Å². The summed E-state index contributed by atoms with van der Waals surface area (Å²) in [5, 5.41) is 0. The first-order valence-corrected chi connectivity index (χ1v) is 5.21. The summed E-state index contributed by atoms with van der Waals surface area (Å²) in [6, 6.07) is -0.309. The van der Waals surface area contributed by atoms with E-state index in [0.717, 1.165) is 6.42 Å². The molecule has 1 heterocycles. The van der Waals surface area contributed by atoms with E-state index in [-0.39, 0.29) is 17.9 Å². The van der Waals surface area contributed by atoms with Crippen LogP contribution in [-0.4, -0.2) is 53.8 Å². The predicted molar refractivity (Wildman–Crippen MR) is 57.1 cm³/mol. The van der Waals surface area contributed by atoms with Crippen LogP contribution in [0.5, 0.6) is 0 Å². The van der Waals surface area contributed by atoms with Crippen LogP contribution in [0, 0.1) is 0 Å². The minimum Gasteiger partial charge on any atom is -0.341 e. The molecule has 15 heavy (non-hydrogen) atoms. The first-order valence-electron chi connectivity index (χ1n) is 5.21. The molecular formula is C10H19N3O2. The molecule has 2 atom stereocenters. The van der Waals surface area contributed by atoms with Gasteiger partial charge in [0.1, 0.15) is 0 Å². The first kappa shape index (κ1) is 12.0. The quantitative estimate of drug-likeness (QED) is 0.667. The van der Waals surface area contributed by atoms with Crippen LogP contribution in [-0.2, 0) is 9.59 Å². The maximum Gasteiger partial charge on any atom is 0.239 e. The summed E-state index contributed by atoms with van der Waals surface area (Å²) in [6.07, 6.45) is 0.842. The summed E-state index contributed by atoms with van der Waals surface area (Å²) >= 11 is 0. The van der Waals surface area contributed by atoms with E-state index >= 15 is 0 Å². The lowest BCUT2D eigenvalue weighted by molar-refractivity contribution is -0.133. The van der Waals surface area contributed by atoms with Crippen molar-refractivity contribution in [3.63, 3.8) is 0 Å². The molecule has 1 aliphatic rings. The number of likely N-dealkylation sites (N-methyl/N-ethyl adjacent to an activating group) is 1. The molecule has 0 radical (unpaired) electrons. The van der Waals surface area contributed by atoms with E-state index in [4.69, 9.17) is 5.73 Å². The summed E-state index contributed by atoms with van der Waals surface area (Å²) in [5.41, 5.74) is 5.53. The van der Waals surface area contributed by atoms with Crippen molar-refractivity contribution in [2.24, 2.45) is 5.73 Å². The lowest BCUT2D eigenvalue weighted by Crippen LogP contribution is -2.43. The fourth-order valence-corrected chi connectivity index (χ4v) is 1.80. The fraction of sp³-hybridized carbons (Fsp3) is 0.800. The van der Waals surface area contributed by atoms with Gasteiger partial charge < -0.3 is 15.5 Å². The second-order valence-electron chi connectivity index (χ2n) is 4.15. The maximum absolute atomic E-state index is 11.6. The van der Waals surface area contributed by atoms with Crippen LogP contribution in [0.4, 0.5) is 0 Å². The Labute approximate surface area is 90.2 Å². The van der Waals surface area contributed by atoms with Gasteiger partial charge in [0.15, 0.2) is 0 Å². The SMILES string of the molecule is CC(=O)N(C)C1CCN(C(=O)C(C)N)C1. The molecule has 2 amide bonds. The average Bonchev–Trinajstić information content (AvgIpc) is 2.63. The van der Waals surface area contributed by atoms with Crippen molar-refractivity contribution in [3.8, 4) is 0 Å². The minimum atomic E-state index is -0.452. The van der Waals surface area contributed by atoms with Crippen molar-refractivity contribution in [3.05, 3.63) is 0 Å². The van der Waals surface area contributed by atoms with Gasteiger partial charge in [-0.2, -0.15) is 0 Å². The Morgan fingerprint density at radius 1 is 1.53 bits per heavy atom. The molecule has 0 spiro atoms. The number of carbonyl (C=O) groups is 2. The molecule has 86 valence electrons. The Kier molecular flexibility index (Phi) is 3.68. The van der Waals surface area contributed by atoms with Gasteiger partial charge in [0, 0.05) is 27.1 Å². The maximum atomic E-state index is 11.6. The number of hydrogen-bond donors (Lipinski definition) is 1. The molecule has 1 rings (SSSR count). The topological polar surface area (TPSA) is 66.6 Å². The van der Waals surface area contributed by atoms with E-state index in [1.54, 1.807) is 23.8 Å². The van der Waals surface area contributed by atoms with Gasteiger partial charge >= 0.3 is 0 Å². The van der Waals surface area contributed by atoms with E-state index in [2.05, 4.69) is 0 Å². The Balaban J connectivity index is 2.52. The molecule has 2 unspecified atom stereocenters. The zero-order valence-electron chi connectivity index (χ0n) is 9.56. The summed E-state index contributed by atoms with van der Waals surface area (Å²) in [4.78, 5) is 26.1. The average molecular weight is 213 g/mol. The van der Waals surface area contributed by atoms with Gasteiger partial charge in [-0.15, -0.1) is 0 Å². The van der Waals surface area contributed by atoms with Crippen LogP contribution in [0.3, 0.4) is 0 Å². The van der Waals surface area contributed by atoms with Crippen molar-refractivity contribution in [1.82, 2.24) is 9.80 Å². The Morgan fingerprint density at radius 3 is 2.60 bits per heavy atom. The Hall–Kier alpha value is -1.10. The zero-order chi connectivity index (χ0) is 11.6. The van der Waals surface area contributed by atoms with Crippen molar-refractivity contribution < 1.29 is 9.59 Å². The molecule has 1 aliphatic heterocycles.